The Hall–Kier alpha value is -1.46. The minimum Gasteiger partial charge on any atom is -0.389 e. The highest BCUT2D eigenvalue weighted by molar-refractivity contribution is 7.80. The summed E-state index contributed by atoms with van der Waals surface area (Å²) in [5, 5.41) is 2.89. The molecule has 19 heavy (non-hydrogen) atoms. The predicted octanol–water partition coefficient (Wildman–Crippen LogP) is 1.75. The van der Waals surface area contributed by atoms with Gasteiger partial charge in [-0.3, -0.25) is 9.69 Å². The van der Waals surface area contributed by atoms with Gasteiger partial charge in [-0.05, 0) is 50.2 Å². The molecule has 4 nitrogen and oxygen atoms in total. The van der Waals surface area contributed by atoms with Crippen LogP contribution in [0.5, 0.6) is 0 Å². The summed E-state index contributed by atoms with van der Waals surface area (Å²) in [6.45, 7) is 2.51. The molecule has 0 aliphatic carbocycles. The Balaban J connectivity index is 1.85. The second kappa shape index (κ2) is 6.63. The van der Waals surface area contributed by atoms with Crippen LogP contribution in [0.1, 0.15) is 24.8 Å². The lowest BCUT2D eigenvalue weighted by molar-refractivity contribution is -0.117. The lowest BCUT2D eigenvalue weighted by Crippen LogP contribution is -2.36. The number of anilines is 1. The largest absolute Gasteiger partial charge is 0.389 e. The van der Waals surface area contributed by atoms with Gasteiger partial charge in [0.25, 0.3) is 0 Å². The van der Waals surface area contributed by atoms with E-state index in [0.29, 0.717) is 11.5 Å². The number of carbonyl (C=O) groups is 1. The van der Waals surface area contributed by atoms with Gasteiger partial charge < -0.3 is 11.1 Å². The van der Waals surface area contributed by atoms with Crippen molar-refractivity contribution in [2.45, 2.75) is 19.3 Å². The smallest absolute Gasteiger partial charge is 0.238 e. The fourth-order valence-corrected chi connectivity index (χ4v) is 2.38. The highest BCUT2D eigenvalue weighted by Gasteiger charge is 2.13. The Morgan fingerprint density at radius 2 is 1.84 bits per heavy atom. The summed E-state index contributed by atoms with van der Waals surface area (Å²) in [5.41, 5.74) is 7.12. The standard InChI is InChI=1S/C14H19N3OS/c15-14(19)11-4-6-12(7-5-11)16-13(18)10-17-8-2-1-3-9-17/h4-7H,1-3,8-10H2,(H2,15,19)(H,16,18). The molecule has 1 aliphatic rings. The van der Waals surface area contributed by atoms with Crippen molar-refractivity contribution in [1.82, 2.24) is 4.90 Å². The zero-order valence-electron chi connectivity index (χ0n) is 10.9. The molecule has 0 radical (unpaired) electrons. The fraction of sp³-hybridized carbons (Fsp3) is 0.429. The average molecular weight is 277 g/mol. The number of amides is 1. The van der Waals surface area contributed by atoms with Gasteiger partial charge in [0.15, 0.2) is 0 Å². The highest BCUT2D eigenvalue weighted by Crippen LogP contribution is 2.11. The molecule has 1 amide bonds. The van der Waals surface area contributed by atoms with Crippen molar-refractivity contribution in [2.75, 3.05) is 25.0 Å². The molecule has 3 N–H and O–H groups in total. The summed E-state index contributed by atoms with van der Waals surface area (Å²) in [4.78, 5) is 14.5. The van der Waals surface area contributed by atoms with Gasteiger partial charge in [0.05, 0.1) is 6.54 Å². The topological polar surface area (TPSA) is 58.4 Å². The molecule has 0 bridgehead atoms. The van der Waals surface area contributed by atoms with Crippen molar-refractivity contribution >= 4 is 28.8 Å². The van der Waals surface area contributed by atoms with Crippen molar-refractivity contribution < 1.29 is 4.79 Å². The van der Waals surface area contributed by atoms with E-state index in [9.17, 15) is 4.79 Å². The number of likely N-dealkylation sites (tertiary alicyclic amines) is 1. The van der Waals surface area contributed by atoms with Crippen LogP contribution >= 0.6 is 12.2 Å². The SMILES string of the molecule is NC(=S)c1ccc(NC(=O)CN2CCCCC2)cc1. The van der Waals surface area contributed by atoms with Crippen molar-refractivity contribution in [3.05, 3.63) is 29.8 Å². The summed E-state index contributed by atoms with van der Waals surface area (Å²) >= 11 is 4.89. The summed E-state index contributed by atoms with van der Waals surface area (Å²) in [7, 11) is 0. The van der Waals surface area contributed by atoms with E-state index in [1.54, 1.807) is 0 Å². The van der Waals surface area contributed by atoms with Gasteiger partial charge in [-0.2, -0.15) is 0 Å². The lowest BCUT2D eigenvalue weighted by atomic mass is 10.1. The number of benzene rings is 1. The molecular formula is C14H19N3OS. The average Bonchev–Trinajstić information content (AvgIpc) is 2.40. The van der Waals surface area contributed by atoms with Crippen LogP contribution in [0.25, 0.3) is 0 Å². The molecule has 1 heterocycles. The molecule has 1 saturated heterocycles. The van der Waals surface area contributed by atoms with Gasteiger partial charge in [-0.1, -0.05) is 18.6 Å². The number of nitrogens with two attached hydrogens (primary N) is 1. The first kappa shape index (κ1) is 14.0. The van der Waals surface area contributed by atoms with Gasteiger partial charge >= 0.3 is 0 Å². The van der Waals surface area contributed by atoms with Crippen LogP contribution < -0.4 is 11.1 Å². The number of hydrogen-bond donors (Lipinski definition) is 2. The first-order valence-corrected chi connectivity index (χ1v) is 6.98. The third-order valence-corrected chi connectivity index (χ3v) is 3.50. The molecule has 1 aliphatic heterocycles. The van der Waals surface area contributed by atoms with Crippen LogP contribution in [0.4, 0.5) is 5.69 Å². The molecule has 0 aromatic heterocycles. The minimum atomic E-state index is 0.0324. The number of hydrogen-bond acceptors (Lipinski definition) is 3. The third kappa shape index (κ3) is 4.29. The second-order valence-corrected chi connectivity index (χ2v) is 5.27. The summed E-state index contributed by atoms with van der Waals surface area (Å²) in [6, 6.07) is 7.28. The third-order valence-electron chi connectivity index (χ3n) is 3.27. The van der Waals surface area contributed by atoms with E-state index in [1.165, 1.54) is 19.3 Å². The maximum Gasteiger partial charge on any atom is 0.238 e. The van der Waals surface area contributed by atoms with E-state index >= 15 is 0 Å². The summed E-state index contributed by atoms with van der Waals surface area (Å²) in [6.07, 6.45) is 3.66. The quantitative estimate of drug-likeness (QED) is 0.823. The van der Waals surface area contributed by atoms with Crippen LogP contribution in [0.2, 0.25) is 0 Å². The number of thiocarbonyl (C=S) groups is 1. The Morgan fingerprint density at radius 1 is 1.21 bits per heavy atom. The molecule has 1 aromatic rings. The maximum absolute atomic E-state index is 11.9. The first-order valence-electron chi connectivity index (χ1n) is 6.57. The van der Waals surface area contributed by atoms with E-state index in [-0.39, 0.29) is 5.91 Å². The molecule has 0 spiro atoms. The van der Waals surface area contributed by atoms with Crippen LogP contribution in [-0.4, -0.2) is 35.4 Å². The van der Waals surface area contributed by atoms with Crippen molar-refractivity contribution in [2.24, 2.45) is 5.73 Å². The van der Waals surface area contributed by atoms with Crippen molar-refractivity contribution in [3.63, 3.8) is 0 Å². The number of rotatable bonds is 4. The maximum atomic E-state index is 11.9. The van der Waals surface area contributed by atoms with Gasteiger partial charge in [-0.15, -0.1) is 0 Å². The van der Waals surface area contributed by atoms with E-state index in [1.807, 2.05) is 24.3 Å². The second-order valence-electron chi connectivity index (χ2n) is 4.83. The Kier molecular flexibility index (Phi) is 4.87. The minimum absolute atomic E-state index is 0.0324. The zero-order chi connectivity index (χ0) is 13.7. The molecule has 0 saturated carbocycles. The summed E-state index contributed by atoms with van der Waals surface area (Å²) < 4.78 is 0. The zero-order valence-corrected chi connectivity index (χ0v) is 11.7. The fourth-order valence-electron chi connectivity index (χ4n) is 2.24. The monoisotopic (exact) mass is 277 g/mol. The molecule has 0 atom stereocenters. The normalized spacial score (nSPS) is 16.0. The van der Waals surface area contributed by atoms with Crippen molar-refractivity contribution in [3.8, 4) is 0 Å². The number of carbonyl (C=O) groups excluding carboxylic acids is 1. The summed E-state index contributed by atoms with van der Waals surface area (Å²) in [5.74, 6) is 0.0324. The number of nitrogens with zero attached hydrogens (tertiary/aromatic N) is 1. The molecule has 0 unspecified atom stereocenters. The lowest BCUT2D eigenvalue weighted by Gasteiger charge is -2.25. The van der Waals surface area contributed by atoms with Crippen molar-refractivity contribution in [1.29, 1.82) is 0 Å². The van der Waals surface area contributed by atoms with Gasteiger partial charge in [0.1, 0.15) is 4.99 Å². The Morgan fingerprint density at radius 3 is 2.42 bits per heavy atom. The van der Waals surface area contributed by atoms with Gasteiger partial charge in [-0.25, -0.2) is 0 Å². The number of piperidine rings is 1. The molecule has 5 heteroatoms. The number of nitrogens with one attached hydrogen (secondary N) is 1. The van der Waals surface area contributed by atoms with E-state index in [4.69, 9.17) is 18.0 Å². The van der Waals surface area contributed by atoms with E-state index in [0.717, 1.165) is 24.3 Å². The molecular weight excluding hydrogens is 258 g/mol. The van der Waals surface area contributed by atoms with Crippen LogP contribution in [0.15, 0.2) is 24.3 Å². The molecule has 2 rings (SSSR count). The molecule has 1 aromatic carbocycles. The van der Waals surface area contributed by atoms with Gasteiger partial charge in [0, 0.05) is 11.3 Å². The van der Waals surface area contributed by atoms with E-state index < -0.39 is 0 Å². The Bertz CT molecular complexity index is 452. The van der Waals surface area contributed by atoms with Gasteiger partial charge in [0.2, 0.25) is 5.91 Å². The van der Waals surface area contributed by atoms with Crippen LogP contribution in [0, 0.1) is 0 Å². The first-order chi connectivity index (χ1) is 9.15. The Labute approximate surface area is 119 Å². The van der Waals surface area contributed by atoms with Crippen LogP contribution in [0.3, 0.4) is 0 Å². The molecule has 1 fully saturated rings. The van der Waals surface area contributed by atoms with E-state index in [2.05, 4.69) is 10.2 Å². The predicted molar refractivity (Wildman–Crippen MR) is 81.3 cm³/mol. The highest BCUT2D eigenvalue weighted by atomic mass is 32.1. The molecule has 102 valence electrons. The van der Waals surface area contributed by atoms with Crippen LogP contribution in [-0.2, 0) is 4.79 Å².